The van der Waals surface area contributed by atoms with Crippen molar-refractivity contribution >= 4 is 29.1 Å². The molecule has 0 saturated heterocycles. The summed E-state index contributed by atoms with van der Waals surface area (Å²) >= 11 is 1.24. The molecule has 1 aliphatic heterocycles. The lowest BCUT2D eigenvalue weighted by Gasteiger charge is -2.24. The maximum atomic E-state index is 13.8. The average Bonchev–Trinajstić information content (AvgIpc) is 3.30. The summed E-state index contributed by atoms with van der Waals surface area (Å²) in [4.78, 5) is 42.4. The summed E-state index contributed by atoms with van der Waals surface area (Å²) in [7, 11) is 0. The van der Waals surface area contributed by atoms with Crippen molar-refractivity contribution < 1.29 is 23.9 Å². The molecule has 0 aliphatic carbocycles. The molecule has 1 aliphatic rings. The first-order chi connectivity index (χ1) is 20.8. The molecule has 1 atom stereocenters. The van der Waals surface area contributed by atoms with Crippen molar-refractivity contribution in [2.75, 3.05) is 13.2 Å². The fourth-order valence-electron chi connectivity index (χ4n) is 4.77. The van der Waals surface area contributed by atoms with Crippen molar-refractivity contribution in [3.05, 3.63) is 131 Å². The Kier molecular flexibility index (Phi) is 8.82. The Labute approximate surface area is 251 Å². The number of carbonyl (C=O) groups is 1. The van der Waals surface area contributed by atoms with Crippen molar-refractivity contribution in [1.29, 1.82) is 0 Å². The van der Waals surface area contributed by atoms with Crippen LogP contribution in [0.4, 0.5) is 5.69 Å². The Bertz CT molecular complexity index is 1880. The van der Waals surface area contributed by atoms with E-state index in [2.05, 4.69) is 4.99 Å². The normalized spacial score (nSPS) is 14.6. The van der Waals surface area contributed by atoms with Crippen molar-refractivity contribution in [1.82, 2.24) is 4.57 Å². The molecule has 2 heterocycles. The van der Waals surface area contributed by atoms with Gasteiger partial charge in [-0.15, -0.1) is 0 Å². The van der Waals surface area contributed by atoms with Gasteiger partial charge in [-0.3, -0.25) is 19.5 Å². The minimum Gasteiger partial charge on any atom is -0.490 e. The Morgan fingerprint density at radius 3 is 2.44 bits per heavy atom. The number of allylic oxidation sites excluding steroid dienone is 1. The Hall–Kier alpha value is -5.03. The third-order valence-corrected chi connectivity index (χ3v) is 7.72. The number of hydrogen-bond donors (Lipinski definition) is 0. The van der Waals surface area contributed by atoms with Crippen LogP contribution in [0.3, 0.4) is 0 Å². The molecule has 220 valence electrons. The molecular weight excluding hydrogens is 570 g/mol. The zero-order chi connectivity index (χ0) is 30.5. The van der Waals surface area contributed by atoms with Crippen LogP contribution in [-0.2, 0) is 16.1 Å². The molecule has 11 heteroatoms. The number of non-ortho nitro benzene ring substituents is 1. The molecule has 0 N–H and O–H groups in total. The number of carbonyl (C=O) groups excluding carboxylic acids is 1. The van der Waals surface area contributed by atoms with Crippen molar-refractivity contribution in [3.8, 4) is 11.5 Å². The van der Waals surface area contributed by atoms with E-state index in [9.17, 15) is 19.7 Å². The van der Waals surface area contributed by atoms with Gasteiger partial charge in [0.15, 0.2) is 16.3 Å². The number of benzene rings is 3. The molecule has 4 aromatic rings. The molecule has 43 heavy (non-hydrogen) atoms. The fraction of sp³-hybridized carbons (Fsp3) is 0.219. The summed E-state index contributed by atoms with van der Waals surface area (Å²) in [5.74, 6) is 0.490. The first-order valence-electron chi connectivity index (χ1n) is 13.7. The minimum absolute atomic E-state index is 0.00996. The van der Waals surface area contributed by atoms with Gasteiger partial charge in [0.1, 0.15) is 6.61 Å². The van der Waals surface area contributed by atoms with E-state index in [4.69, 9.17) is 14.2 Å². The first kappa shape index (κ1) is 29.5. The standard InChI is InChI=1S/C32H29N3O7S/c1-4-40-26-17-22(13-16-25(26)42-19-21-11-14-24(15-12-21)35(38)39)18-27-30(36)34-29(23-9-7-6-8-10-23)28(31(37)41-5-2)20(3)33-32(34)43-27/h6-18,29H,4-5,19H2,1-3H3/b27-18+/t29-/m1/s1. The number of nitro groups is 1. The van der Waals surface area contributed by atoms with Gasteiger partial charge >= 0.3 is 5.97 Å². The molecular formula is C32H29N3O7S. The molecule has 0 radical (unpaired) electrons. The highest BCUT2D eigenvalue weighted by atomic mass is 32.1. The topological polar surface area (TPSA) is 122 Å². The number of nitrogens with zero attached hydrogens (tertiary/aromatic N) is 3. The molecule has 10 nitrogen and oxygen atoms in total. The number of ether oxygens (including phenoxy) is 3. The van der Waals surface area contributed by atoms with E-state index in [1.165, 1.54) is 23.5 Å². The van der Waals surface area contributed by atoms with Crippen LogP contribution >= 0.6 is 11.3 Å². The maximum absolute atomic E-state index is 13.8. The molecule has 3 aromatic carbocycles. The molecule has 0 amide bonds. The first-order valence-corrected chi connectivity index (χ1v) is 14.5. The quantitative estimate of drug-likeness (QED) is 0.147. The number of thiazole rings is 1. The van der Waals surface area contributed by atoms with Crippen molar-refractivity contribution in [2.24, 2.45) is 4.99 Å². The van der Waals surface area contributed by atoms with Crippen LogP contribution < -0.4 is 24.4 Å². The predicted octanol–water partition coefficient (Wildman–Crippen LogP) is 4.68. The van der Waals surface area contributed by atoms with E-state index < -0.39 is 16.9 Å². The van der Waals surface area contributed by atoms with E-state index in [-0.39, 0.29) is 24.5 Å². The van der Waals surface area contributed by atoms with Crippen LogP contribution in [0.15, 0.2) is 93.9 Å². The van der Waals surface area contributed by atoms with Crippen LogP contribution in [-0.4, -0.2) is 28.7 Å². The van der Waals surface area contributed by atoms with Gasteiger partial charge in [0.25, 0.3) is 11.2 Å². The van der Waals surface area contributed by atoms with Gasteiger partial charge in [-0.1, -0.05) is 47.7 Å². The average molecular weight is 600 g/mol. The zero-order valence-electron chi connectivity index (χ0n) is 23.8. The highest BCUT2D eigenvalue weighted by Gasteiger charge is 2.33. The summed E-state index contributed by atoms with van der Waals surface area (Å²) in [6.07, 6.45) is 1.76. The highest BCUT2D eigenvalue weighted by molar-refractivity contribution is 7.07. The summed E-state index contributed by atoms with van der Waals surface area (Å²) in [6.45, 7) is 6.14. The second-order valence-corrected chi connectivity index (χ2v) is 10.6. The predicted molar refractivity (Wildman–Crippen MR) is 162 cm³/mol. The highest BCUT2D eigenvalue weighted by Crippen LogP contribution is 2.31. The molecule has 0 unspecified atom stereocenters. The van der Waals surface area contributed by atoms with Crippen LogP contribution in [0.25, 0.3) is 6.08 Å². The number of hydrogen-bond acceptors (Lipinski definition) is 9. The molecule has 0 fully saturated rings. The lowest BCUT2D eigenvalue weighted by molar-refractivity contribution is -0.384. The third kappa shape index (κ3) is 6.26. The van der Waals surface area contributed by atoms with E-state index in [0.717, 1.165) is 11.1 Å². The Morgan fingerprint density at radius 2 is 1.77 bits per heavy atom. The molecule has 1 aromatic heterocycles. The second kappa shape index (κ2) is 12.9. The second-order valence-electron chi connectivity index (χ2n) is 9.56. The molecule has 0 bridgehead atoms. The summed E-state index contributed by atoms with van der Waals surface area (Å²) in [5.41, 5.74) is 2.84. The van der Waals surface area contributed by atoms with E-state index >= 15 is 0 Å². The van der Waals surface area contributed by atoms with E-state index in [0.29, 0.717) is 44.3 Å². The SMILES string of the molecule is CCOC(=O)C1=C(C)N=c2s/c(=C/c3ccc(OCc4ccc([N+](=O)[O-])cc4)c(OCC)c3)c(=O)n2[C@@H]1c1ccccc1. The Morgan fingerprint density at radius 1 is 1.02 bits per heavy atom. The van der Waals surface area contributed by atoms with Crippen LogP contribution in [0, 0.1) is 10.1 Å². The lowest BCUT2D eigenvalue weighted by Crippen LogP contribution is -2.39. The number of nitro benzene ring substituents is 1. The van der Waals surface area contributed by atoms with Gasteiger partial charge in [0.05, 0.1) is 40.0 Å². The smallest absolute Gasteiger partial charge is 0.338 e. The minimum atomic E-state index is -0.673. The Balaban J connectivity index is 1.50. The molecule has 0 saturated carbocycles. The number of aromatic nitrogens is 1. The van der Waals surface area contributed by atoms with Gasteiger partial charge in [0, 0.05) is 12.1 Å². The van der Waals surface area contributed by atoms with E-state index in [1.54, 1.807) is 48.8 Å². The van der Waals surface area contributed by atoms with Gasteiger partial charge < -0.3 is 14.2 Å². The van der Waals surface area contributed by atoms with Gasteiger partial charge in [0.2, 0.25) is 0 Å². The van der Waals surface area contributed by atoms with Gasteiger partial charge in [-0.2, -0.15) is 0 Å². The summed E-state index contributed by atoms with van der Waals surface area (Å²) < 4.78 is 19.1. The molecule has 0 spiro atoms. The summed E-state index contributed by atoms with van der Waals surface area (Å²) in [6, 6.07) is 20.2. The maximum Gasteiger partial charge on any atom is 0.338 e. The van der Waals surface area contributed by atoms with Gasteiger partial charge in [-0.05, 0) is 67.8 Å². The van der Waals surface area contributed by atoms with Gasteiger partial charge in [-0.25, -0.2) is 9.79 Å². The largest absolute Gasteiger partial charge is 0.490 e. The van der Waals surface area contributed by atoms with Crippen molar-refractivity contribution in [3.63, 3.8) is 0 Å². The number of esters is 1. The zero-order valence-corrected chi connectivity index (χ0v) is 24.6. The monoisotopic (exact) mass is 599 g/mol. The third-order valence-electron chi connectivity index (χ3n) is 6.74. The fourth-order valence-corrected chi connectivity index (χ4v) is 5.82. The van der Waals surface area contributed by atoms with Crippen molar-refractivity contribution in [2.45, 2.75) is 33.4 Å². The number of fused-ring (bicyclic) bond motifs is 1. The van der Waals surface area contributed by atoms with Crippen LogP contribution in [0.5, 0.6) is 11.5 Å². The van der Waals surface area contributed by atoms with Crippen LogP contribution in [0.2, 0.25) is 0 Å². The van der Waals surface area contributed by atoms with E-state index in [1.807, 2.05) is 43.3 Å². The number of rotatable bonds is 10. The summed E-state index contributed by atoms with van der Waals surface area (Å²) in [5, 5.41) is 10.9. The lowest BCUT2D eigenvalue weighted by atomic mass is 9.96. The molecule has 5 rings (SSSR count). The van der Waals surface area contributed by atoms with Crippen LogP contribution in [0.1, 0.15) is 43.5 Å².